The molecule has 0 unspecified atom stereocenters. The van der Waals surface area contributed by atoms with E-state index < -0.39 is 0 Å². The van der Waals surface area contributed by atoms with E-state index in [9.17, 15) is 9.18 Å². The second-order valence-corrected chi connectivity index (χ2v) is 4.12. The Hall–Kier alpha value is -1.62. The highest BCUT2D eigenvalue weighted by Gasteiger charge is 2.04. The number of hydrogen-bond acceptors (Lipinski definition) is 3. The number of carbonyl (C=O) groups is 1. The predicted octanol–water partition coefficient (Wildman–Crippen LogP) is 1.66. The van der Waals surface area contributed by atoms with Gasteiger partial charge in [-0.2, -0.15) is 0 Å². The van der Waals surface area contributed by atoms with Crippen LogP contribution in [0, 0.1) is 5.82 Å². The van der Waals surface area contributed by atoms with Crippen LogP contribution in [0.1, 0.15) is 13.8 Å². The predicted molar refractivity (Wildman–Crippen MR) is 72.7 cm³/mol. The van der Waals surface area contributed by atoms with Gasteiger partial charge in [-0.3, -0.25) is 4.79 Å². The molecule has 1 N–H and O–H groups in total. The van der Waals surface area contributed by atoms with Crippen LogP contribution in [0.15, 0.2) is 24.3 Å². The van der Waals surface area contributed by atoms with Gasteiger partial charge >= 0.3 is 0 Å². The lowest BCUT2D eigenvalue weighted by Gasteiger charge is -2.17. The molecule has 0 aliphatic heterocycles. The largest absolute Gasteiger partial charge is 0.484 e. The first kappa shape index (κ1) is 15.4. The lowest BCUT2D eigenvalue weighted by molar-refractivity contribution is -0.123. The quantitative estimate of drug-likeness (QED) is 0.779. The molecule has 0 saturated heterocycles. The Kier molecular flexibility index (Phi) is 6.89. The number of likely N-dealkylation sites (N-methyl/N-ethyl adjacent to an activating group) is 1. The molecule has 0 spiro atoms. The third kappa shape index (κ3) is 6.20. The number of nitrogens with zero attached hydrogens (tertiary/aromatic N) is 1. The first-order valence-electron chi connectivity index (χ1n) is 6.53. The number of halogens is 1. The summed E-state index contributed by atoms with van der Waals surface area (Å²) in [7, 11) is 0. The molecule has 1 rings (SSSR count). The lowest BCUT2D eigenvalue weighted by atomic mass is 10.3. The van der Waals surface area contributed by atoms with Gasteiger partial charge in [0.25, 0.3) is 5.91 Å². The summed E-state index contributed by atoms with van der Waals surface area (Å²) in [5.74, 6) is -0.213. The Labute approximate surface area is 113 Å². The third-order valence-corrected chi connectivity index (χ3v) is 2.81. The molecule has 4 nitrogen and oxygen atoms in total. The van der Waals surface area contributed by atoms with E-state index in [1.807, 2.05) is 0 Å². The number of hydrogen-bond donors (Lipinski definition) is 1. The van der Waals surface area contributed by atoms with Gasteiger partial charge in [0.15, 0.2) is 6.61 Å². The van der Waals surface area contributed by atoms with E-state index in [0.29, 0.717) is 12.3 Å². The van der Waals surface area contributed by atoms with Gasteiger partial charge in [0.05, 0.1) is 0 Å². The zero-order valence-electron chi connectivity index (χ0n) is 11.5. The van der Waals surface area contributed by atoms with E-state index in [-0.39, 0.29) is 18.3 Å². The topological polar surface area (TPSA) is 41.6 Å². The second kappa shape index (κ2) is 8.48. The molecule has 106 valence electrons. The highest BCUT2D eigenvalue weighted by Crippen LogP contribution is 2.11. The van der Waals surface area contributed by atoms with Crippen LogP contribution in [0.4, 0.5) is 4.39 Å². The standard InChI is InChI=1S/C14H21FN2O2/c1-3-17(4-2)9-8-16-14(18)11-19-13-7-5-6-12(15)10-13/h5-7,10H,3-4,8-9,11H2,1-2H3,(H,16,18). The Morgan fingerprint density at radius 1 is 1.37 bits per heavy atom. The normalized spacial score (nSPS) is 10.5. The number of benzene rings is 1. The first-order chi connectivity index (χ1) is 9.15. The van der Waals surface area contributed by atoms with Gasteiger partial charge in [0, 0.05) is 19.2 Å². The van der Waals surface area contributed by atoms with E-state index in [0.717, 1.165) is 19.6 Å². The number of amides is 1. The minimum Gasteiger partial charge on any atom is -0.484 e. The Morgan fingerprint density at radius 2 is 2.11 bits per heavy atom. The fourth-order valence-electron chi connectivity index (χ4n) is 1.65. The van der Waals surface area contributed by atoms with E-state index in [1.165, 1.54) is 12.1 Å². The molecule has 0 aromatic heterocycles. The summed E-state index contributed by atoms with van der Waals surface area (Å²) >= 11 is 0. The highest BCUT2D eigenvalue weighted by molar-refractivity contribution is 5.77. The fourth-order valence-corrected chi connectivity index (χ4v) is 1.65. The first-order valence-corrected chi connectivity index (χ1v) is 6.53. The molecule has 0 bridgehead atoms. The summed E-state index contributed by atoms with van der Waals surface area (Å²) in [4.78, 5) is 13.7. The van der Waals surface area contributed by atoms with Crippen LogP contribution in [0.5, 0.6) is 5.75 Å². The summed E-state index contributed by atoms with van der Waals surface area (Å²) in [6.07, 6.45) is 0. The Morgan fingerprint density at radius 3 is 2.74 bits per heavy atom. The average molecular weight is 268 g/mol. The zero-order valence-corrected chi connectivity index (χ0v) is 11.5. The highest BCUT2D eigenvalue weighted by atomic mass is 19.1. The summed E-state index contributed by atoms with van der Waals surface area (Å²) in [5, 5.41) is 2.77. The van der Waals surface area contributed by atoms with Crippen LogP contribution in [-0.4, -0.2) is 43.6 Å². The molecule has 19 heavy (non-hydrogen) atoms. The molecule has 1 amide bonds. The molecule has 0 aliphatic carbocycles. The summed E-state index contributed by atoms with van der Waals surface area (Å²) < 4.78 is 18.1. The minimum atomic E-state index is -0.376. The van der Waals surface area contributed by atoms with Crippen LogP contribution >= 0.6 is 0 Å². The van der Waals surface area contributed by atoms with E-state index in [2.05, 4.69) is 24.1 Å². The Bertz CT molecular complexity index is 395. The van der Waals surface area contributed by atoms with Crippen LogP contribution in [0.25, 0.3) is 0 Å². The van der Waals surface area contributed by atoms with Crippen molar-refractivity contribution in [1.82, 2.24) is 10.2 Å². The summed E-state index contributed by atoms with van der Waals surface area (Å²) in [6, 6.07) is 5.75. The monoisotopic (exact) mass is 268 g/mol. The number of ether oxygens (including phenoxy) is 1. The maximum absolute atomic E-state index is 12.9. The molecule has 0 radical (unpaired) electrons. The van der Waals surface area contributed by atoms with Crippen molar-refractivity contribution in [3.63, 3.8) is 0 Å². The van der Waals surface area contributed by atoms with Crippen molar-refractivity contribution < 1.29 is 13.9 Å². The van der Waals surface area contributed by atoms with Crippen molar-refractivity contribution in [2.24, 2.45) is 0 Å². The van der Waals surface area contributed by atoms with Crippen molar-refractivity contribution >= 4 is 5.91 Å². The third-order valence-electron chi connectivity index (χ3n) is 2.81. The van der Waals surface area contributed by atoms with Crippen LogP contribution in [-0.2, 0) is 4.79 Å². The van der Waals surface area contributed by atoms with Gasteiger partial charge in [0.2, 0.25) is 0 Å². The van der Waals surface area contributed by atoms with E-state index in [4.69, 9.17) is 4.74 Å². The molecule has 1 aromatic rings. The Balaban J connectivity index is 2.21. The summed E-state index contributed by atoms with van der Waals surface area (Å²) in [5.41, 5.74) is 0. The van der Waals surface area contributed by atoms with Gasteiger partial charge in [0.1, 0.15) is 11.6 Å². The molecule has 0 saturated carbocycles. The zero-order chi connectivity index (χ0) is 14.1. The molecular weight excluding hydrogens is 247 g/mol. The smallest absolute Gasteiger partial charge is 0.257 e. The summed E-state index contributed by atoms with van der Waals surface area (Å²) in [6.45, 7) is 7.41. The molecular formula is C14H21FN2O2. The molecule has 0 aliphatic rings. The van der Waals surface area contributed by atoms with Crippen molar-refractivity contribution in [3.05, 3.63) is 30.1 Å². The fraction of sp³-hybridized carbons (Fsp3) is 0.500. The van der Waals surface area contributed by atoms with E-state index in [1.54, 1.807) is 12.1 Å². The molecule has 0 heterocycles. The van der Waals surface area contributed by atoms with Crippen molar-refractivity contribution in [2.45, 2.75) is 13.8 Å². The molecule has 1 aromatic carbocycles. The van der Waals surface area contributed by atoms with Crippen LogP contribution in [0.2, 0.25) is 0 Å². The van der Waals surface area contributed by atoms with Gasteiger partial charge in [-0.15, -0.1) is 0 Å². The average Bonchev–Trinajstić information content (AvgIpc) is 2.41. The van der Waals surface area contributed by atoms with Crippen molar-refractivity contribution in [2.75, 3.05) is 32.8 Å². The van der Waals surface area contributed by atoms with Gasteiger partial charge in [-0.1, -0.05) is 19.9 Å². The van der Waals surface area contributed by atoms with Gasteiger partial charge < -0.3 is 15.0 Å². The maximum atomic E-state index is 12.9. The minimum absolute atomic E-state index is 0.0955. The number of rotatable bonds is 8. The van der Waals surface area contributed by atoms with E-state index >= 15 is 0 Å². The van der Waals surface area contributed by atoms with Gasteiger partial charge in [-0.05, 0) is 25.2 Å². The van der Waals surface area contributed by atoms with Crippen LogP contribution < -0.4 is 10.1 Å². The second-order valence-electron chi connectivity index (χ2n) is 4.12. The van der Waals surface area contributed by atoms with Crippen molar-refractivity contribution in [1.29, 1.82) is 0 Å². The van der Waals surface area contributed by atoms with Gasteiger partial charge in [-0.25, -0.2) is 4.39 Å². The number of nitrogens with one attached hydrogen (secondary N) is 1. The molecule has 0 atom stereocenters. The molecule has 5 heteroatoms. The number of carbonyl (C=O) groups excluding carboxylic acids is 1. The SMILES string of the molecule is CCN(CC)CCNC(=O)COc1cccc(F)c1. The van der Waals surface area contributed by atoms with Crippen molar-refractivity contribution in [3.8, 4) is 5.75 Å². The lowest BCUT2D eigenvalue weighted by Crippen LogP contribution is -2.36. The molecule has 0 fully saturated rings. The maximum Gasteiger partial charge on any atom is 0.257 e. The van der Waals surface area contributed by atoms with Crippen LogP contribution in [0.3, 0.4) is 0 Å².